The lowest BCUT2D eigenvalue weighted by atomic mass is 9.92. The number of aliphatic hydroxyl groups is 1. The summed E-state index contributed by atoms with van der Waals surface area (Å²) in [7, 11) is 5.38. The number of ketones is 1. The zero-order valence-corrected chi connectivity index (χ0v) is 20.5. The largest absolute Gasteiger partial charge is 0.503 e. The maximum atomic E-state index is 13.8. The molecule has 0 aliphatic carbocycles. The number of carbonyl (C=O) groups excluding carboxylic acids is 2. The minimum Gasteiger partial charge on any atom is -0.503 e. The molecule has 1 amide bonds. The standard InChI is InChI=1S/C29H26N2O5/c1-17-8-5-6-10-21(17)25-24(26(32)23-16-18-9-7-11-22(35-4)28(18)36-23)27(33)29(34)31(25)20-14-12-19(13-15-20)30(2)3/h5-16,25,33H,1-4H3. The Bertz CT molecular complexity index is 1510. The molecule has 0 bridgehead atoms. The maximum absolute atomic E-state index is 13.8. The summed E-state index contributed by atoms with van der Waals surface area (Å²) in [4.78, 5) is 30.7. The fraction of sp³-hybridized carbons (Fsp3) is 0.172. The highest BCUT2D eigenvalue weighted by Gasteiger charge is 2.45. The van der Waals surface area contributed by atoms with Gasteiger partial charge in [0, 0.05) is 30.9 Å². The molecule has 0 fully saturated rings. The number of hydrogen-bond acceptors (Lipinski definition) is 6. The molecule has 36 heavy (non-hydrogen) atoms. The third kappa shape index (κ3) is 3.69. The first kappa shape index (κ1) is 23.2. The van der Waals surface area contributed by atoms with Crippen LogP contribution in [0.5, 0.6) is 5.75 Å². The van der Waals surface area contributed by atoms with Gasteiger partial charge in [0.05, 0.1) is 18.7 Å². The second-order valence-electron chi connectivity index (χ2n) is 8.93. The number of anilines is 2. The van der Waals surface area contributed by atoms with E-state index in [1.165, 1.54) is 12.0 Å². The number of ether oxygens (including phenoxy) is 1. The van der Waals surface area contributed by atoms with Gasteiger partial charge in [0.25, 0.3) is 5.91 Å². The molecule has 0 radical (unpaired) electrons. The summed E-state index contributed by atoms with van der Waals surface area (Å²) < 4.78 is 11.2. The van der Waals surface area contributed by atoms with Gasteiger partial charge in [0.1, 0.15) is 0 Å². The van der Waals surface area contributed by atoms with E-state index in [2.05, 4.69) is 0 Å². The van der Waals surface area contributed by atoms with E-state index in [0.717, 1.165) is 16.8 Å². The number of aryl methyl sites for hydroxylation is 1. The molecule has 5 rings (SSSR count). The summed E-state index contributed by atoms with van der Waals surface area (Å²) in [5.41, 5.74) is 3.56. The zero-order valence-electron chi connectivity index (χ0n) is 20.5. The highest BCUT2D eigenvalue weighted by atomic mass is 16.5. The van der Waals surface area contributed by atoms with E-state index in [1.807, 2.05) is 80.5 Å². The van der Waals surface area contributed by atoms with Gasteiger partial charge in [-0.05, 0) is 54.4 Å². The van der Waals surface area contributed by atoms with E-state index in [9.17, 15) is 14.7 Å². The number of Topliss-reactive ketones (excluding diaryl/α,β-unsaturated/α-hetero) is 1. The highest BCUT2D eigenvalue weighted by Crippen LogP contribution is 2.43. The number of hydrogen-bond donors (Lipinski definition) is 1. The molecule has 1 aliphatic heterocycles. The lowest BCUT2D eigenvalue weighted by Gasteiger charge is -2.28. The van der Waals surface area contributed by atoms with Crippen molar-refractivity contribution in [3.8, 4) is 5.75 Å². The van der Waals surface area contributed by atoms with Crippen molar-refractivity contribution in [1.29, 1.82) is 0 Å². The van der Waals surface area contributed by atoms with Crippen molar-refractivity contribution in [1.82, 2.24) is 0 Å². The first-order valence-corrected chi connectivity index (χ1v) is 11.5. The number of carbonyl (C=O) groups is 2. The van der Waals surface area contributed by atoms with Crippen molar-refractivity contribution in [2.75, 3.05) is 31.0 Å². The molecule has 2 heterocycles. The van der Waals surface area contributed by atoms with Crippen LogP contribution in [0.25, 0.3) is 11.0 Å². The van der Waals surface area contributed by atoms with Crippen molar-refractivity contribution >= 4 is 34.0 Å². The molecule has 1 unspecified atom stereocenters. The lowest BCUT2D eigenvalue weighted by Crippen LogP contribution is -2.31. The summed E-state index contributed by atoms with van der Waals surface area (Å²) in [6.45, 7) is 1.91. The number of aliphatic hydroxyl groups excluding tert-OH is 1. The van der Waals surface area contributed by atoms with E-state index >= 15 is 0 Å². The monoisotopic (exact) mass is 482 g/mol. The number of fused-ring (bicyclic) bond motifs is 1. The van der Waals surface area contributed by atoms with Crippen molar-refractivity contribution in [2.24, 2.45) is 0 Å². The quantitative estimate of drug-likeness (QED) is 0.360. The van der Waals surface area contributed by atoms with E-state index in [-0.39, 0.29) is 11.3 Å². The van der Waals surface area contributed by atoms with Gasteiger partial charge in [0.2, 0.25) is 5.78 Å². The molecule has 7 nitrogen and oxygen atoms in total. The van der Waals surface area contributed by atoms with Crippen LogP contribution in [0.3, 0.4) is 0 Å². The number of amides is 1. The molecule has 4 aromatic rings. The van der Waals surface area contributed by atoms with Crippen LogP contribution in [-0.4, -0.2) is 38.0 Å². The molecular formula is C29H26N2O5. The van der Waals surface area contributed by atoms with E-state index in [4.69, 9.17) is 9.15 Å². The Morgan fingerprint density at radius 1 is 1.03 bits per heavy atom. The normalized spacial score (nSPS) is 15.6. The van der Waals surface area contributed by atoms with Crippen molar-refractivity contribution in [3.63, 3.8) is 0 Å². The van der Waals surface area contributed by atoms with Crippen LogP contribution < -0.4 is 14.5 Å². The van der Waals surface area contributed by atoms with Gasteiger partial charge in [-0.2, -0.15) is 0 Å². The van der Waals surface area contributed by atoms with Crippen LogP contribution in [-0.2, 0) is 4.79 Å². The van der Waals surface area contributed by atoms with Crippen LogP contribution in [0.15, 0.2) is 88.5 Å². The third-order valence-electron chi connectivity index (χ3n) is 6.53. The van der Waals surface area contributed by atoms with Crippen molar-refractivity contribution < 1.29 is 23.8 Å². The van der Waals surface area contributed by atoms with E-state index in [1.54, 1.807) is 18.2 Å². The van der Waals surface area contributed by atoms with Gasteiger partial charge in [-0.1, -0.05) is 36.4 Å². The summed E-state index contributed by atoms with van der Waals surface area (Å²) in [5, 5.41) is 11.7. The van der Waals surface area contributed by atoms with Gasteiger partial charge in [0.15, 0.2) is 22.9 Å². The number of benzene rings is 3. The topological polar surface area (TPSA) is 83.2 Å². The van der Waals surface area contributed by atoms with Gasteiger partial charge >= 0.3 is 0 Å². The Balaban J connectivity index is 1.65. The van der Waals surface area contributed by atoms with Crippen LogP contribution in [0.2, 0.25) is 0 Å². The number of para-hydroxylation sites is 1. The van der Waals surface area contributed by atoms with Crippen LogP contribution >= 0.6 is 0 Å². The third-order valence-corrected chi connectivity index (χ3v) is 6.53. The van der Waals surface area contributed by atoms with E-state index < -0.39 is 23.5 Å². The maximum Gasteiger partial charge on any atom is 0.294 e. The molecule has 182 valence electrons. The minimum atomic E-state index is -0.827. The molecule has 1 atom stereocenters. The van der Waals surface area contributed by atoms with Crippen LogP contribution in [0.1, 0.15) is 27.7 Å². The SMILES string of the molecule is COc1cccc2cc(C(=O)C3=C(O)C(=O)N(c4ccc(N(C)C)cc4)C3c3ccccc3C)oc12. The summed E-state index contributed by atoms with van der Waals surface area (Å²) in [6, 6.07) is 21.0. The smallest absolute Gasteiger partial charge is 0.294 e. The van der Waals surface area contributed by atoms with Crippen molar-refractivity contribution in [3.05, 3.63) is 101 Å². The zero-order chi connectivity index (χ0) is 25.6. The molecule has 1 N–H and O–H groups in total. The predicted octanol–water partition coefficient (Wildman–Crippen LogP) is 5.60. The van der Waals surface area contributed by atoms with Gasteiger partial charge in [-0.15, -0.1) is 0 Å². The van der Waals surface area contributed by atoms with E-state index in [0.29, 0.717) is 22.4 Å². The molecule has 0 saturated heterocycles. The summed E-state index contributed by atoms with van der Waals surface area (Å²) >= 11 is 0. The predicted molar refractivity (Wildman–Crippen MR) is 139 cm³/mol. The van der Waals surface area contributed by atoms with Crippen LogP contribution in [0.4, 0.5) is 11.4 Å². The molecular weight excluding hydrogens is 456 g/mol. The Hall–Kier alpha value is -4.52. The van der Waals surface area contributed by atoms with Crippen LogP contribution in [0, 0.1) is 6.92 Å². The molecule has 7 heteroatoms. The summed E-state index contributed by atoms with van der Waals surface area (Å²) in [6.07, 6.45) is 0. The van der Waals surface area contributed by atoms with Gasteiger partial charge < -0.3 is 19.2 Å². The molecule has 1 aliphatic rings. The highest BCUT2D eigenvalue weighted by molar-refractivity contribution is 6.20. The average Bonchev–Trinajstić information content (AvgIpc) is 3.43. The Kier molecular flexibility index (Phi) is 5.76. The Morgan fingerprint density at radius 3 is 2.42 bits per heavy atom. The second kappa shape index (κ2) is 8.92. The Morgan fingerprint density at radius 2 is 1.75 bits per heavy atom. The lowest BCUT2D eigenvalue weighted by molar-refractivity contribution is -0.117. The second-order valence-corrected chi connectivity index (χ2v) is 8.93. The summed E-state index contributed by atoms with van der Waals surface area (Å²) in [5.74, 6) is -1.27. The molecule has 3 aromatic carbocycles. The van der Waals surface area contributed by atoms with Crippen molar-refractivity contribution in [2.45, 2.75) is 13.0 Å². The molecule has 0 spiro atoms. The number of nitrogens with zero attached hydrogens (tertiary/aromatic N) is 2. The van der Waals surface area contributed by atoms with Gasteiger partial charge in [-0.3, -0.25) is 14.5 Å². The minimum absolute atomic E-state index is 0.0206. The molecule has 0 saturated carbocycles. The fourth-order valence-corrected chi connectivity index (χ4v) is 4.64. The number of rotatable bonds is 6. The first-order valence-electron chi connectivity index (χ1n) is 11.5. The fourth-order valence-electron chi connectivity index (χ4n) is 4.64. The average molecular weight is 483 g/mol. The Labute approximate surface area is 208 Å². The number of methoxy groups -OCH3 is 1. The van der Waals surface area contributed by atoms with Gasteiger partial charge in [-0.25, -0.2) is 0 Å². The molecule has 1 aromatic heterocycles. The first-order chi connectivity index (χ1) is 17.3. The number of furan rings is 1.